The Morgan fingerprint density at radius 3 is 2.79 bits per heavy atom. The Bertz CT molecular complexity index is 605. The second-order valence-electron chi connectivity index (χ2n) is 4.46. The first kappa shape index (κ1) is 14.3. The molecule has 2 heterocycles. The molecule has 0 aliphatic carbocycles. The van der Waals surface area contributed by atoms with E-state index in [1.54, 1.807) is 22.0 Å². The molecule has 5 heteroatoms. The predicted octanol–water partition coefficient (Wildman–Crippen LogP) is 4.26. The van der Waals surface area contributed by atoms with E-state index in [1.165, 1.54) is 4.88 Å². The SMILES string of the molecule is CCCn1cc(NC(C)c2ccc(Br)s2)ccc1=O. The van der Waals surface area contributed by atoms with Crippen molar-refractivity contribution in [2.45, 2.75) is 32.9 Å². The molecule has 0 spiro atoms. The van der Waals surface area contributed by atoms with Crippen molar-refractivity contribution in [2.24, 2.45) is 0 Å². The Labute approximate surface area is 125 Å². The Hall–Kier alpha value is -1.07. The van der Waals surface area contributed by atoms with Crippen molar-refractivity contribution in [2.75, 3.05) is 5.32 Å². The summed E-state index contributed by atoms with van der Waals surface area (Å²) < 4.78 is 2.88. The fraction of sp³-hybridized carbons (Fsp3) is 0.357. The minimum atomic E-state index is 0.0546. The highest BCUT2D eigenvalue weighted by atomic mass is 79.9. The van der Waals surface area contributed by atoms with Gasteiger partial charge in [0.25, 0.3) is 5.56 Å². The summed E-state index contributed by atoms with van der Waals surface area (Å²) in [7, 11) is 0. The van der Waals surface area contributed by atoms with E-state index in [0.717, 1.165) is 22.4 Å². The van der Waals surface area contributed by atoms with Crippen molar-refractivity contribution in [3.8, 4) is 0 Å². The lowest BCUT2D eigenvalue weighted by Crippen LogP contribution is -2.19. The number of rotatable bonds is 5. The third-order valence-corrected chi connectivity index (χ3v) is 4.66. The third kappa shape index (κ3) is 3.70. The molecular weight excluding hydrogens is 324 g/mol. The first-order valence-electron chi connectivity index (χ1n) is 6.32. The normalized spacial score (nSPS) is 12.4. The van der Waals surface area contributed by atoms with Crippen LogP contribution >= 0.6 is 27.3 Å². The zero-order valence-electron chi connectivity index (χ0n) is 11.0. The molecule has 1 unspecified atom stereocenters. The van der Waals surface area contributed by atoms with E-state index in [1.807, 2.05) is 12.3 Å². The van der Waals surface area contributed by atoms with Crippen LogP contribution in [-0.4, -0.2) is 4.57 Å². The van der Waals surface area contributed by atoms with Crippen LogP contribution in [0.3, 0.4) is 0 Å². The fourth-order valence-electron chi connectivity index (χ4n) is 1.91. The molecule has 0 amide bonds. The maximum absolute atomic E-state index is 11.7. The number of nitrogens with one attached hydrogen (secondary N) is 1. The van der Waals surface area contributed by atoms with Crippen molar-refractivity contribution < 1.29 is 0 Å². The Kier molecular flexibility index (Phi) is 4.82. The molecule has 0 bridgehead atoms. The van der Waals surface area contributed by atoms with E-state index in [4.69, 9.17) is 0 Å². The molecule has 3 nitrogen and oxygen atoms in total. The van der Waals surface area contributed by atoms with E-state index >= 15 is 0 Å². The van der Waals surface area contributed by atoms with Gasteiger partial charge in [-0.1, -0.05) is 6.92 Å². The average Bonchev–Trinajstić information content (AvgIpc) is 2.80. The maximum Gasteiger partial charge on any atom is 0.250 e. The summed E-state index contributed by atoms with van der Waals surface area (Å²) in [4.78, 5) is 12.9. The van der Waals surface area contributed by atoms with E-state index in [9.17, 15) is 4.79 Å². The maximum atomic E-state index is 11.7. The predicted molar refractivity (Wildman–Crippen MR) is 85.0 cm³/mol. The lowest BCUT2D eigenvalue weighted by Gasteiger charge is -2.15. The van der Waals surface area contributed by atoms with Crippen LogP contribution in [0.4, 0.5) is 5.69 Å². The molecule has 0 radical (unpaired) electrons. The van der Waals surface area contributed by atoms with Crippen LogP contribution in [-0.2, 0) is 6.54 Å². The summed E-state index contributed by atoms with van der Waals surface area (Å²) in [6.07, 6.45) is 2.85. The minimum absolute atomic E-state index is 0.0546. The highest BCUT2D eigenvalue weighted by Crippen LogP contribution is 2.28. The molecule has 0 aliphatic rings. The van der Waals surface area contributed by atoms with Crippen molar-refractivity contribution in [1.29, 1.82) is 0 Å². The van der Waals surface area contributed by atoms with Crippen molar-refractivity contribution in [3.05, 3.63) is 49.5 Å². The van der Waals surface area contributed by atoms with Gasteiger partial charge in [-0.15, -0.1) is 11.3 Å². The Morgan fingerprint density at radius 1 is 1.37 bits per heavy atom. The number of nitrogens with zero attached hydrogens (tertiary/aromatic N) is 1. The number of anilines is 1. The number of hydrogen-bond donors (Lipinski definition) is 1. The van der Waals surface area contributed by atoms with Gasteiger partial charge in [0.2, 0.25) is 0 Å². The van der Waals surface area contributed by atoms with Crippen molar-refractivity contribution in [1.82, 2.24) is 4.57 Å². The first-order chi connectivity index (χ1) is 9.10. The average molecular weight is 341 g/mol. The minimum Gasteiger partial charge on any atom is -0.377 e. The largest absolute Gasteiger partial charge is 0.377 e. The van der Waals surface area contributed by atoms with Crippen LogP contribution < -0.4 is 10.9 Å². The van der Waals surface area contributed by atoms with E-state index in [2.05, 4.69) is 47.2 Å². The van der Waals surface area contributed by atoms with Crippen LogP contribution in [0.1, 0.15) is 31.2 Å². The Morgan fingerprint density at radius 2 is 2.16 bits per heavy atom. The van der Waals surface area contributed by atoms with Crippen LogP contribution in [0.15, 0.2) is 39.0 Å². The molecule has 0 fully saturated rings. The molecule has 1 atom stereocenters. The zero-order chi connectivity index (χ0) is 13.8. The highest BCUT2D eigenvalue weighted by molar-refractivity contribution is 9.11. The standard InChI is InChI=1S/C14H17BrN2OS/c1-3-8-17-9-11(4-7-14(17)18)16-10(2)12-5-6-13(15)19-12/h4-7,9-10,16H,3,8H2,1-2H3. The molecule has 0 aliphatic heterocycles. The second-order valence-corrected chi connectivity index (χ2v) is 6.95. The molecule has 1 N–H and O–H groups in total. The van der Waals surface area contributed by atoms with E-state index in [0.29, 0.717) is 0 Å². The lowest BCUT2D eigenvalue weighted by atomic mass is 10.2. The van der Waals surface area contributed by atoms with Gasteiger partial charge in [0.05, 0.1) is 15.5 Å². The van der Waals surface area contributed by atoms with E-state index in [-0.39, 0.29) is 11.6 Å². The summed E-state index contributed by atoms with van der Waals surface area (Å²) in [5.74, 6) is 0. The number of pyridine rings is 1. The Balaban J connectivity index is 2.14. The summed E-state index contributed by atoms with van der Waals surface area (Å²) >= 11 is 5.19. The van der Waals surface area contributed by atoms with Gasteiger partial charge in [0.1, 0.15) is 0 Å². The molecule has 102 valence electrons. The third-order valence-electron chi connectivity index (χ3n) is 2.85. The van der Waals surface area contributed by atoms with Crippen LogP contribution in [0.5, 0.6) is 0 Å². The van der Waals surface area contributed by atoms with Crippen molar-refractivity contribution in [3.63, 3.8) is 0 Å². The number of aromatic nitrogens is 1. The van der Waals surface area contributed by atoms with Crippen LogP contribution in [0.25, 0.3) is 0 Å². The van der Waals surface area contributed by atoms with Gasteiger partial charge in [-0.3, -0.25) is 4.79 Å². The molecule has 0 aromatic carbocycles. The van der Waals surface area contributed by atoms with Gasteiger partial charge in [0.15, 0.2) is 0 Å². The van der Waals surface area contributed by atoms with Gasteiger partial charge in [-0.2, -0.15) is 0 Å². The molecule has 0 saturated heterocycles. The van der Waals surface area contributed by atoms with Gasteiger partial charge in [-0.05, 0) is 47.5 Å². The summed E-state index contributed by atoms with van der Waals surface area (Å²) in [5.41, 5.74) is 1.03. The van der Waals surface area contributed by atoms with E-state index < -0.39 is 0 Å². The molecule has 2 rings (SSSR count). The summed E-state index contributed by atoms with van der Waals surface area (Å²) in [5, 5.41) is 3.43. The van der Waals surface area contributed by atoms with Gasteiger partial charge in [-0.25, -0.2) is 0 Å². The molecule has 19 heavy (non-hydrogen) atoms. The molecule has 2 aromatic rings. The van der Waals surface area contributed by atoms with Crippen LogP contribution in [0, 0.1) is 0 Å². The summed E-state index contributed by atoms with van der Waals surface area (Å²) in [6, 6.07) is 7.84. The summed E-state index contributed by atoms with van der Waals surface area (Å²) in [6.45, 7) is 4.94. The zero-order valence-corrected chi connectivity index (χ0v) is 13.4. The topological polar surface area (TPSA) is 34.0 Å². The first-order valence-corrected chi connectivity index (χ1v) is 7.93. The van der Waals surface area contributed by atoms with Gasteiger partial charge in [0, 0.05) is 23.7 Å². The lowest BCUT2D eigenvalue weighted by molar-refractivity contribution is 0.654. The second kappa shape index (κ2) is 6.39. The quantitative estimate of drug-likeness (QED) is 0.882. The molecule has 2 aromatic heterocycles. The molecular formula is C14H17BrN2OS. The van der Waals surface area contributed by atoms with Gasteiger partial charge >= 0.3 is 0 Å². The number of thiophene rings is 1. The van der Waals surface area contributed by atoms with Crippen molar-refractivity contribution >= 4 is 33.0 Å². The molecule has 0 saturated carbocycles. The van der Waals surface area contributed by atoms with Crippen LogP contribution in [0.2, 0.25) is 0 Å². The number of aryl methyl sites for hydroxylation is 1. The van der Waals surface area contributed by atoms with Gasteiger partial charge < -0.3 is 9.88 Å². The fourth-order valence-corrected chi connectivity index (χ4v) is 3.34. The number of hydrogen-bond acceptors (Lipinski definition) is 3. The monoisotopic (exact) mass is 340 g/mol. The smallest absolute Gasteiger partial charge is 0.250 e. The highest BCUT2D eigenvalue weighted by Gasteiger charge is 2.08. The number of halogens is 1.